The molecule has 9 heteroatoms. The number of hydrogen-bond acceptors (Lipinski definition) is 3. The van der Waals surface area contributed by atoms with E-state index < -0.39 is 10.0 Å². The first-order valence-corrected chi connectivity index (χ1v) is 8.29. The Balaban J connectivity index is 2.02. The number of hydrogen-bond donors (Lipinski definition) is 3. The van der Waals surface area contributed by atoms with E-state index in [-0.39, 0.29) is 20.6 Å². The molecule has 0 fully saturated rings. The molecule has 0 aliphatic heterocycles. The van der Waals surface area contributed by atoms with Crippen molar-refractivity contribution in [1.82, 2.24) is 9.97 Å². The second-order valence-corrected chi connectivity index (χ2v) is 7.01. The smallest absolute Gasteiger partial charge is 0.306 e. The Bertz CT molecular complexity index is 1020. The Morgan fingerprint density at radius 2 is 1.68 bits per heavy atom. The highest BCUT2D eigenvalue weighted by molar-refractivity contribution is 7.92. The summed E-state index contributed by atoms with van der Waals surface area (Å²) in [4.78, 5) is 16.2. The molecule has 2 aromatic carbocycles. The summed E-state index contributed by atoms with van der Waals surface area (Å²) in [5.74, 6) is 0. The van der Waals surface area contributed by atoms with Gasteiger partial charge >= 0.3 is 5.69 Å². The Kier molecular flexibility index (Phi) is 3.64. The van der Waals surface area contributed by atoms with Crippen LogP contribution < -0.4 is 10.4 Å². The summed E-state index contributed by atoms with van der Waals surface area (Å²) in [5, 5.41) is 0.322. The molecule has 0 bridgehead atoms. The first-order valence-electron chi connectivity index (χ1n) is 6.05. The van der Waals surface area contributed by atoms with Crippen LogP contribution in [-0.2, 0) is 10.0 Å². The third-order valence-electron chi connectivity index (χ3n) is 2.95. The number of fused-ring (bicyclic) bond motifs is 1. The van der Waals surface area contributed by atoms with Gasteiger partial charge in [-0.1, -0.05) is 23.2 Å². The number of aromatic amines is 2. The van der Waals surface area contributed by atoms with Crippen LogP contribution in [0.15, 0.2) is 46.1 Å². The van der Waals surface area contributed by atoms with Gasteiger partial charge in [0.15, 0.2) is 0 Å². The van der Waals surface area contributed by atoms with Crippen molar-refractivity contribution in [2.45, 2.75) is 4.90 Å². The summed E-state index contributed by atoms with van der Waals surface area (Å²) in [6, 6.07) is 8.80. The molecule has 6 nitrogen and oxygen atoms in total. The molecule has 0 atom stereocenters. The molecule has 1 aromatic heterocycles. The molecular weight excluding hydrogens is 349 g/mol. The Morgan fingerprint density at radius 3 is 2.45 bits per heavy atom. The fourth-order valence-corrected chi connectivity index (χ4v) is 3.80. The zero-order valence-electron chi connectivity index (χ0n) is 10.9. The lowest BCUT2D eigenvalue weighted by Crippen LogP contribution is -2.13. The minimum absolute atomic E-state index is 0.0630. The van der Waals surface area contributed by atoms with E-state index in [2.05, 4.69) is 14.7 Å². The maximum atomic E-state index is 12.4. The van der Waals surface area contributed by atoms with Crippen LogP contribution >= 0.6 is 23.2 Å². The van der Waals surface area contributed by atoms with Crippen LogP contribution in [0, 0.1) is 0 Å². The Morgan fingerprint density at radius 1 is 0.955 bits per heavy atom. The molecule has 0 saturated carbocycles. The predicted molar refractivity (Wildman–Crippen MR) is 86.2 cm³/mol. The molecule has 0 aliphatic rings. The minimum Gasteiger partial charge on any atom is -0.306 e. The quantitative estimate of drug-likeness (QED) is 0.672. The number of aromatic nitrogens is 2. The number of nitrogens with one attached hydrogen (secondary N) is 3. The van der Waals surface area contributed by atoms with E-state index in [4.69, 9.17) is 23.2 Å². The van der Waals surface area contributed by atoms with Gasteiger partial charge in [-0.15, -0.1) is 0 Å². The standard InChI is InChI=1S/C13H9Cl2N3O3S/c14-7-1-3-9(15)12(5-7)22(20,21)18-8-2-4-10-11(6-8)17-13(19)16-10/h1-6,18H,(H2,16,17,19). The van der Waals surface area contributed by atoms with E-state index in [1.165, 1.54) is 30.3 Å². The van der Waals surface area contributed by atoms with Gasteiger partial charge in [0.2, 0.25) is 0 Å². The summed E-state index contributed by atoms with van der Waals surface area (Å²) in [6.07, 6.45) is 0. The van der Waals surface area contributed by atoms with Crippen LogP contribution in [-0.4, -0.2) is 18.4 Å². The third kappa shape index (κ3) is 2.83. The van der Waals surface area contributed by atoms with Gasteiger partial charge < -0.3 is 9.97 Å². The molecule has 22 heavy (non-hydrogen) atoms. The van der Waals surface area contributed by atoms with Gasteiger partial charge in [0.05, 0.1) is 21.7 Å². The highest BCUT2D eigenvalue weighted by Gasteiger charge is 2.18. The van der Waals surface area contributed by atoms with Gasteiger partial charge in [-0.25, -0.2) is 13.2 Å². The predicted octanol–water partition coefficient (Wildman–Crippen LogP) is 2.96. The number of benzene rings is 2. The van der Waals surface area contributed by atoms with E-state index >= 15 is 0 Å². The van der Waals surface area contributed by atoms with Crippen molar-refractivity contribution in [3.05, 3.63) is 56.9 Å². The zero-order valence-corrected chi connectivity index (χ0v) is 13.2. The Hall–Kier alpha value is -1.96. The van der Waals surface area contributed by atoms with Crippen LogP contribution in [0.2, 0.25) is 10.0 Å². The molecule has 1 heterocycles. The van der Waals surface area contributed by atoms with Gasteiger partial charge in [0.25, 0.3) is 10.0 Å². The molecule has 3 aromatic rings. The molecule has 3 rings (SSSR count). The maximum absolute atomic E-state index is 12.4. The lowest BCUT2D eigenvalue weighted by Gasteiger charge is -2.10. The molecule has 0 saturated heterocycles. The van der Waals surface area contributed by atoms with Crippen molar-refractivity contribution in [3.8, 4) is 0 Å². The number of sulfonamides is 1. The van der Waals surface area contributed by atoms with E-state index in [1.54, 1.807) is 6.07 Å². The highest BCUT2D eigenvalue weighted by atomic mass is 35.5. The summed E-state index contributed by atoms with van der Waals surface area (Å²) in [5.41, 5.74) is 0.989. The first kappa shape index (κ1) is 15.0. The second kappa shape index (κ2) is 5.35. The van der Waals surface area contributed by atoms with Crippen molar-refractivity contribution in [1.29, 1.82) is 0 Å². The van der Waals surface area contributed by atoms with Crippen LogP contribution in [0.5, 0.6) is 0 Å². The molecular formula is C13H9Cl2N3O3S. The summed E-state index contributed by atoms with van der Waals surface area (Å²) < 4.78 is 27.2. The molecule has 0 unspecified atom stereocenters. The van der Waals surface area contributed by atoms with Gasteiger partial charge in [0.1, 0.15) is 4.90 Å². The maximum Gasteiger partial charge on any atom is 0.323 e. The third-order valence-corrected chi connectivity index (χ3v) is 5.05. The van der Waals surface area contributed by atoms with Crippen molar-refractivity contribution < 1.29 is 8.42 Å². The fourth-order valence-electron chi connectivity index (χ4n) is 1.99. The minimum atomic E-state index is -3.90. The van der Waals surface area contributed by atoms with Gasteiger partial charge in [0, 0.05) is 5.02 Å². The SMILES string of the molecule is O=c1[nH]c2ccc(NS(=O)(=O)c3cc(Cl)ccc3Cl)cc2[nH]1. The van der Waals surface area contributed by atoms with Gasteiger partial charge in [-0.2, -0.15) is 0 Å². The fraction of sp³-hybridized carbons (Fsp3) is 0. The summed E-state index contributed by atoms with van der Waals surface area (Å²) >= 11 is 11.7. The zero-order chi connectivity index (χ0) is 15.9. The summed E-state index contributed by atoms with van der Waals surface area (Å²) in [6.45, 7) is 0. The van der Waals surface area contributed by atoms with Crippen LogP contribution in [0.4, 0.5) is 5.69 Å². The lowest BCUT2D eigenvalue weighted by molar-refractivity contribution is 0.601. The summed E-state index contributed by atoms with van der Waals surface area (Å²) in [7, 11) is -3.90. The lowest BCUT2D eigenvalue weighted by atomic mass is 10.3. The first-order chi connectivity index (χ1) is 10.3. The molecule has 0 aliphatic carbocycles. The van der Waals surface area contributed by atoms with Crippen LogP contribution in [0.1, 0.15) is 0 Å². The van der Waals surface area contributed by atoms with Crippen molar-refractivity contribution >= 4 is 49.9 Å². The Labute approximate surface area is 135 Å². The van der Waals surface area contributed by atoms with Gasteiger partial charge in [-0.05, 0) is 36.4 Å². The number of imidazole rings is 1. The number of anilines is 1. The van der Waals surface area contributed by atoms with Crippen molar-refractivity contribution in [2.75, 3.05) is 4.72 Å². The topological polar surface area (TPSA) is 94.8 Å². The van der Waals surface area contributed by atoms with Crippen LogP contribution in [0.25, 0.3) is 11.0 Å². The average Bonchev–Trinajstić information content (AvgIpc) is 2.80. The average molecular weight is 358 g/mol. The number of rotatable bonds is 3. The second-order valence-electron chi connectivity index (χ2n) is 4.52. The monoisotopic (exact) mass is 357 g/mol. The highest BCUT2D eigenvalue weighted by Crippen LogP contribution is 2.27. The molecule has 114 valence electrons. The number of H-pyrrole nitrogens is 2. The van der Waals surface area contributed by atoms with Crippen molar-refractivity contribution in [2.24, 2.45) is 0 Å². The van der Waals surface area contributed by atoms with Gasteiger partial charge in [-0.3, -0.25) is 4.72 Å². The van der Waals surface area contributed by atoms with E-state index in [0.717, 1.165) is 0 Å². The molecule has 3 N–H and O–H groups in total. The van der Waals surface area contributed by atoms with E-state index in [1.807, 2.05) is 0 Å². The molecule has 0 spiro atoms. The number of halogens is 2. The largest absolute Gasteiger partial charge is 0.323 e. The normalized spacial score (nSPS) is 11.7. The molecule has 0 radical (unpaired) electrons. The van der Waals surface area contributed by atoms with Crippen molar-refractivity contribution in [3.63, 3.8) is 0 Å². The van der Waals surface area contributed by atoms with Crippen LogP contribution in [0.3, 0.4) is 0 Å². The van der Waals surface area contributed by atoms with E-state index in [9.17, 15) is 13.2 Å². The molecule has 0 amide bonds. The van der Waals surface area contributed by atoms with E-state index in [0.29, 0.717) is 16.7 Å².